The van der Waals surface area contributed by atoms with E-state index in [-0.39, 0.29) is 11.4 Å². The molecule has 2 amide bonds. The molecule has 8 nitrogen and oxygen atoms in total. The highest BCUT2D eigenvalue weighted by Gasteiger charge is 2.19. The van der Waals surface area contributed by atoms with Crippen molar-refractivity contribution in [3.8, 4) is 5.75 Å². The second-order valence-electron chi connectivity index (χ2n) is 4.41. The Morgan fingerprint density at radius 2 is 1.61 bits per heavy atom. The van der Waals surface area contributed by atoms with Crippen LogP contribution in [0.5, 0.6) is 5.75 Å². The molecule has 23 heavy (non-hydrogen) atoms. The van der Waals surface area contributed by atoms with Gasteiger partial charge in [0.1, 0.15) is 11.4 Å². The van der Waals surface area contributed by atoms with E-state index in [9.17, 15) is 19.7 Å². The fourth-order valence-electron chi connectivity index (χ4n) is 1.78. The number of rotatable bonds is 4. The van der Waals surface area contributed by atoms with Crippen LogP contribution in [0.1, 0.15) is 0 Å². The van der Waals surface area contributed by atoms with Gasteiger partial charge in [-0.2, -0.15) is 0 Å². The van der Waals surface area contributed by atoms with Crippen LogP contribution in [0.2, 0.25) is 0 Å². The summed E-state index contributed by atoms with van der Waals surface area (Å²) in [6.45, 7) is 0. The first kappa shape index (κ1) is 16.0. The molecule has 8 heteroatoms. The molecular weight excluding hydrogens is 302 g/mol. The smallest absolute Gasteiger partial charge is 0.314 e. The Balaban J connectivity index is 2.05. The number of methoxy groups -OCH3 is 1. The number of benzene rings is 2. The Hall–Kier alpha value is -3.42. The van der Waals surface area contributed by atoms with Gasteiger partial charge >= 0.3 is 11.8 Å². The molecule has 0 aliphatic rings. The second-order valence-corrected chi connectivity index (χ2v) is 4.41. The van der Waals surface area contributed by atoms with Gasteiger partial charge < -0.3 is 15.4 Å². The summed E-state index contributed by atoms with van der Waals surface area (Å²) in [5, 5.41) is 15.5. The Kier molecular flexibility index (Phi) is 4.88. The Bertz CT molecular complexity index is 743. The molecule has 0 radical (unpaired) electrons. The van der Waals surface area contributed by atoms with Gasteiger partial charge in [0.05, 0.1) is 12.0 Å². The number of hydrogen-bond donors (Lipinski definition) is 2. The topological polar surface area (TPSA) is 111 Å². The highest BCUT2D eigenvalue weighted by Crippen LogP contribution is 2.23. The third-order valence-electron chi connectivity index (χ3n) is 2.90. The number of para-hydroxylation sites is 2. The molecule has 118 valence electrons. The predicted molar refractivity (Wildman–Crippen MR) is 83.3 cm³/mol. The van der Waals surface area contributed by atoms with Crippen LogP contribution in [0.15, 0.2) is 48.5 Å². The zero-order chi connectivity index (χ0) is 16.8. The highest BCUT2D eigenvalue weighted by molar-refractivity contribution is 6.43. The van der Waals surface area contributed by atoms with Gasteiger partial charge in [0, 0.05) is 11.8 Å². The quantitative estimate of drug-likeness (QED) is 0.510. The summed E-state index contributed by atoms with van der Waals surface area (Å²) >= 11 is 0. The summed E-state index contributed by atoms with van der Waals surface area (Å²) in [7, 11) is 1.51. The molecule has 2 rings (SSSR count). The highest BCUT2D eigenvalue weighted by atomic mass is 16.6. The van der Waals surface area contributed by atoms with Gasteiger partial charge in [0.2, 0.25) is 0 Å². The minimum Gasteiger partial charge on any atom is -0.497 e. The second kappa shape index (κ2) is 7.03. The lowest BCUT2D eigenvalue weighted by Crippen LogP contribution is -2.29. The largest absolute Gasteiger partial charge is 0.497 e. The monoisotopic (exact) mass is 315 g/mol. The minimum absolute atomic E-state index is 0.0487. The number of amides is 2. The molecule has 2 N–H and O–H groups in total. The molecule has 0 saturated heterocycles. The fraction of sp³-hybridized carbons (Fsp3) is 0.0667. The van der Waals surface area contributed by atoms with E-state index in [1.807, 2.05) is 0 Å². The first-order valence-corrected chi connectivity index (χ1v) is 6.51. The molecule has 0 atom stereocenters. The van der Waals surface area contributed by atoms with Crippen molar-refractivity contribution >= 4 is 28.9 Å². The molecule has 0 spiro atoms. The Morgan fingerprint density at radius 3 is 2.22 bits per heavy atom. The predicted octanol–water partition coefficient (Wildman–Crippen LogP) is 2.18. The number of nitro benzene ring substituents is 1. The van der Waals surface area contributed by atoms with Crippen molar-refractivity contribution in [2.24, 2.45) is 0 Å². The molecule has 0 bridgehead atoms. The van der Waals surface area contributed by atoms with Gasteiger partial charge in [-0.05, 0) is 30.3 Å². The summed E-state index contributed by atoms with van der Waals surface area (Å²) in [5.74, 6) is -1.34. The summed E-state index contributed by atoms with van der Waals surface area (Å²) in [6, 6.07) is 11.9. The summed E-state index contributed by atoms with van der Waals surface area (Å²) in [6.07, 6.45) is 0. The van der Waals surface area contributed by atoms with Crippen molar-refractivity contribution in [2.75, 3.05) is 17.7 Å². The van der Waals surface area contributed by atoms with Crippen LogP contribution in [-0.4, -0.2) is 23.8 Å². The van der Waals surface area contributed by atoms with Crippen molar-refractivity contribution in [1.82, 2.24) is 0 Å². The zero-order valence-electron chi connectivity index (χ0n) is 12.1. The molecule has 2 aromatic carbocycles. The average molecular weight is 315 g/mol. The normalized spacial score (nSPS) is 9.78. The Labute approximate surface area is 131 Å². The number of nitrogens with zero attached hydrogens (tertiary/aromatic N) is 1. The van der Waals surface area contributed by atoms with E-state index in [1.54, 1.807) is 24.3 Å². The molecule has 0 aliphatic carbocycles. The van der Waals surface area contributed by atoms with Gasteiger partial charge in [-0.15, -0.1) is 0 Å². The van der Waals surface area contributed by atoms with Gasteiger partial charge in [0.25, 0.3) is 5.69 Å². The molecule has 0 aromatic heterocycles. The van der Waals surface area contributed by atoms with E-state index in [2.05, 4.69) is 10.6 Å². The molecule has 0 fully saturated rings. The van der Waals surface area contributed by atoms with Crippen LogP contribution in [0, 0.1) is 10.1 Å². The van der Waals surface area contributed by atoms with Gasteiger partial charge in [0.15, 0.2) is 0 Å². The summed E-state index contributed by atoms with van der Waals surface area (Å²) < 4.78 is 4.98. The zero-order valence-corrected chi connectivity index (χ0v) is 12.1. The van der Waals surface area contributed by atoms with Crippen molar-refractivity contribution in [2.45, 2.75) is 0 Å². The van der Waals surface area contributed by atoms with Crippen molar-refractivity contribution < 1.29 is 19.2 Å². The van der Waals surface area contributed by atoms with Gasteiger partial charge in [-0.25, -0.2) is 0 Å². The van der Waals surface area contributed by atoms with Crippen LogP contribution in [0.3, 0.4) is 0 Å². The molecule has 0 unspecified atom stereocenters. The standard InChI is InChI=1S/C15H13N3O5/c1-23-11-8-6-10(7-9-11)16-14(19)15(20)17-12-4-2-3-5-13(12)18(21)22/h2-9H,1H3,(H,16,19)(H,17,20). The number of nitro groups is 1. The van der Waals surface area contributed by atoms with Crippen molar-refractivity contribution in [3.63, 3.8) is 0 Å². The van der Waals surface area contributed by atoms with Crippen LogP contribution < -0.4 is 15.4 Å². The van der Waals surface area contributed by atoms with Crippen molar-refractivity contribution in [3.05, 3.63) is 58.6 Å². The number of carbonyl (C=O) groups is 2. The molecule has 0 heterocycles. The van der Waals surface area contributed by atoms with E-state index in [0.717, 1.165) is 0 Å². The summed E-state index contributed by atoms with van der Waals surface area (Å²) in [4.78, 5) is 33.9. The van der Waals surface area contributed by atoms with Crippen molar-refractivity contribution in [1.29, 1.82) is 0 Å². The van der Waals surface area contributed by atoms with E-state index in [1.165, 1.54) is 31.4 Å². The van der Waals surface area contributed by atoms with Crippen LogP contribution in [0.4, 0.5) is 17.1 Å². The molecular formula is C15H13N3O5. The number of carbonyl (C=O) groups excluding carboxylic acids is 2. The van der Waals surface area contributed by atoms with Crippen LogP contribution in [-0.2, 0) is 9.59 Å². The van der Waals surface area contributed by atoms with Gasteiger partial charge in [-0.1, -0.05) is 12.1 Å². The minimum atomic E-state index is -1.00. The first-order valence-electron chi connectivity index (χ1n) is 6.51. The molecule has 0 aliphatic heterocycles. The molecule has 0 saturated carbocycles. The third-order valence-corrected chi connectivity index (χ3v) is 2.90. The SMILES string of the molecule is COc1ccc(NC(=O)C(=O)Nc2ccccc2[N+](=O)[O-])cc1. The maximum Gasteiger partial charge on any atom is 0.314 e. The van der Waals surface area contributed by atoms with E-state index in [0.29, 0.717) is 11.4 Å². The lowest BCUT2D eigenvalue weighted by Gasteiger charge is -2.07. The van der Waals surface area contributed by atoms with Crippen LogP contribution in [0.25, 0.3) is 0 Å². The van der Waals surface area contributed by atoms with E-state index >= 15 is 0 Å². The maximum absolute atomic E-state index is 11.8. The number of anilines is 2. The van der Waals surface area contributed by atoms with E-state index < -0.39 is 16.7 Å². The molecule has 2 aromatic rings. The van der Waals surface area contributed by atoms with E-state index in [4.69, 9.17) is 4.74 Å². The maximum atomic E-state index is 11.8. The van der Waals surface area contributed by atoms with Crippen LogP contribution >= 0.6 is 0 Å². The number of hydrogen-bond acceptors (Lipinski definition) is 5. The third kappa shape index (κ3) is 4.03. The number of ether oxygens (including phenoxy) is 1. The number of nitrogens with one attached hydrogen (secondary N) is 2. The van der Waals surface area contributed by atoms with Gasteiger partial charge in [-0.3, -0.25) is 19.7 Å². The lowest BCUT2D eigenvalue weighted by atomic mass is 10.2. The summed E-state index contributed by atoms with van der Waals surface area (Å²) in [5.41, 5.74) is 0.0546. The fourth-order valence-corrected chi connectivity index (χ4v) is 1.78. The Morgan fingerprint density at radius 1 is 1.00 bits per heavy atom. The lowest BCUT2D eigenvalue weighted by molar-refractivity contribution is -0.383. The first-order chi connectivity index (χ1) is 11.0. The average Bonchev–Trinajstić information content (AvgIpc) is 2.55.